The largest absolute Gasteiger partial charge is 0.507 e. The van der Waals surface area contributed by atoms with E-state index in [2.05, 4.69) is 5.32 Å². The van der Waals surface area contributed by atoms with Crippen molar-refractivity contribution in [2.75, 3.05) is 7.11 Å². The van der Waals surface area contributed by atoms with Crippen molar-refractivity contribution in [3.8, 4) is 17.2 Å². The number of hydrogen-bond acceptors (Lipinski definition) is 5. The van der Waals surface area contributed by atoms with Gasteiger partial charge in [-0.05, 0) is 76.4 Å². The minimum atomic E-state index is -1.56. The van der Waals surface area contributed by atoms with Gasteiger partial charge in [-0.1, -0.05) is 60.6 Å². The van der Waals surface area contributed by atoms with Crippen LogP contribution in [-0.4, -0.2) is 29.6 Å². The summed E-state index contributed by atoms with van der Waals surface area (Å²) in [7, 11) is 1.54. The number of carbonyl (C=O) groups excluding carboxylic acids is 2. The predicted molar refractivity (Wildman–Crippen MR) is 153 cm³/mol. The molecule has 0 saturated heterocycles. The summed E-state index contributed by atoms with van der Waals surface area (Å²) in [5, 5.41) is 14.4. The van der Waals surface area contributed by atoms with E-state index in [1.165, 1.54) is 25.3 Å². The molecule has 3 aromatic rings. The molecular weight excluding hydrogens is 509 g/mol. The molecule has 3 aromatic carbocycles. The van der Waals surface area contributed by atoms with Crippen LogP contribution in [0.4, 0.5) is 4.39 Å². The van der Waals surface area contributed by atoms with Crippen LogP contribution in [0.25, 0.3) is 0 Å². The van der Waals surface area contributed by atoms with Crippen molar-refractivity contribution >= 4 is 11.9 Å². The molecule has 1 aliphatic rings. The molecule has 1 aliphatic heterocycles. The molecule has 7 heteroatoms. The molecule has 212 valence electrons. The van der Waals surface area contributed by atoms with Crippen molar-refractivity contribution in [2.24, 2.45) is 0 Å². The van der Waals surface area contributed by atoms with Crippen molar-refractivity contribution in [1.29, 1.82) is 0 Å². The number of aromatic hydroxyl groups is 1. The predicted octanol–water partition coefficient (Wildman–Crippen LogP) is 6.76. The van der Waals surface area contributed by atoms with Gasteiger partial charge in [-0.3, -0.25) is 4.79 Å². The monoisotopic (exact) mass is 547 g/mol. The lowest BCUT2D eigenvalue weighted by atomic mass is 9.68. The molecule has 1 heterocycles. The number of ether oxygens (including phenoxy) is 2. The lowest BCUT2D eigenvalue weighted by Crippen LogP contribution is -2.61. The van der Waals surface area contributed by atoms with E-state index in [0.717, 1.165) is 0 Å². The molecule has 2 N–H and O–H groups in total. The normalized spacial score (nSPS) is 19.0. The molecule has 40 heavy (non-hydrogen) atoms. The maximum absolute atomic E-state index is 14.8. The molecule has 0 unspecified atom stereocenters. The van der Waals surface area contributed by atoms with Crippen LogP contribution >= 0.6 is 0 Å². The Labute approximate surface area is 235 Å². The molecule has 4 rings (SSSR count). The van der Waals surface area contributed by atoms with Crippen LogP contribution in [0.1, 0.15) is 93.4 Å². The average Bonchev–Trinajstić information content (AvgIpc) is 2.88. The molecule has 0 fully saturated rings. The summed E-state index contributed by atoms with van der Waals surface area (Å²) in [4.78, 5) is 27.5. The van der Waals surface area contributed by atoms with Gasteiger partial charge in [0, 0.05) is 17.0 Å². The van der Waals surface area contributed by atoms with Crippen LogP contribution in [0.2, 0.25) is 0 Å². The van der Waals surface area contributed by atoms with Crippen LogP contribution in [0.5, 0.6) is 17.2 Å². The standard InChI is InChI=1S/C33H38FNO5/c1-9-33(35-29(37)19-10-13-22(39-8)14-11-19)27(23-18-21(34)12-15-26(23)40-30(33)38)20-16-24(31(2,3)4)28(36)25(17-20)32(5,6)7/h10-18,27,36H,9H2,1-8H3,(H,35,37)/t27-,33+/m0/s1. The smallest absolute Gasteiger partial charge is 0.338 e. The molecule has 2 atom stereocenters. The summed E-state index contributed by atoms with van der Waals surface area (Å²) < 4.78 is 25.7. The zero-order valence-corrected chi connectivity index (χ0v) is 24.4. The first-order valence-electron chi connectivity index (χ1n) is 13.5. The first-order chi connectivity index (χ1) is 18.6. The van der Waals surface area contributed by atoms with Crippen LogP contribution in [0.15, 0.2) is 54.6 Å². The molecule has 6 nitrogen and oxygen atoms in total. The molecule has 0 bridgehead atoms. The fourth-order valence-corrected chi connectivity index (χ4v) is 5.42. The highest BCUT2D eigenvalue weighted by atomic mass is 19.1. The van der Waals surface area contributed by atoms with Gasteiger partial charge in [0.25, 0.3) is 5.91 Å². The van der Waals surface area contributed by atoms with E-state index < -0.39 is 40.0 Å². The van der Waals surface area contributed by atoms with E-state index in [1.54, 1.807) is 31.2 Å². The van der Waals surface area contributed by atoms with Crippen LogP contribution in [-0.2, 0) is 15.6 Å². The third-order valence-electron chi connectivity index (χ3n) is 7.67. The molecule has 0 aromatic heterocycles. The van der Waals surface area contributed by atoms with Crippen molar-refractivity contribution in [3.63, 3.8) is 0 Å². The van der Waals surface area contributed by atoms with Gasteiger partial charge in [0.1, 0.15) is 28.6 Å². The van der Waals surface area contributed by atoms with Crippen LogP contribution in [0.3, 0.4) is 0 Å². The Bertz CT molecular complexity index is 1410. The Morgan fingerprint density at radius 3 is 2.08 bits per heavy atom. The second-order valence-corrected chi connectivity index (χ2v) is 12.5. The lowest BCUT2D eigenvalue weighted by Gasteiger charge is -2.43. The molecule has 0 saturated carbocycles. The van der Waals surface area contributed by atoms with Crippen molar-refractivity contribution in [1.82, 2.24) is 5.32 Å². The number of methoxy groups -OCH3 is 1. The zero-order valence-electron chi connectivity index (χ0n) is 24.4. The Hall–Kier alpha value is -3.87. The number of phenolic OH excluding ortho intramolecular Hbond substituents is 1. The number of rotatable bonds is 5. The molecule has 0 spiro atoms. The van der Waals surface area contributed by atoms with Gasteiger partial charge in [0.15, 0.2) is 0 Å². The number of nitrogens with one attached hydrogen (secondary N) is 1. The second kappa shape index (κ2) is 10.3. The fourth-order valence-electron chi connectivity index (χ4n) is 5.42. The third kappa shape index (κ3) is 5.17. The van der Waals surface area contributed by atoms with Crippen LogP contribution in [0, 0.1) is 5.82 Å². The van der Waals surface area contributed by atoms with Gasteiger partial charge in [-0.25, -0.2) is 9.18 Å². The van der Waals surface area contributed by atoms with E-state index in [-0.39, 0.29) is 17.9 Å². The molecule has 1 amide bonds. The van der Waals surface area contributed by atoms with Gasteiger partial charge < -0.3 is 19.9 Å². The highest BCUT2D eigenvalue weighted by Gasteiger charge is 2.53. The Morgan fingerprint density at radius 2 is 1.57 bits per heavy atom. The maximum atomic E-state index is 14.8. The highest BCUT2D eigenvalue weighted by Crippen LogP contribution is 2.49. The number of amides is 1. The third-order valence-corrected chi connectivity index (χ3v) is 7.67. The van der Waals surface area contributed by atoms with E-state index in [1.807, 2.05) is 53.7 Å². The number of carbonyl (C=O) groups is 2. The van der Waals surface area contributed by atoms with E-state index in [9.17, 15) is 19.1 Å². The van der Waals surface area contributed by atoms with Crippen molar-refractivity contribution in [2.45, 2.75) is 77.2 Å². The molecule has 0 aliphatic carbocycles. The summed E-state index contributed by atoms with van der Waals surface area (Å²) in [6.45, 7) is 13.8. The van der Waals surface area contributed by atoms with Crippen LogP contribution < -0.4 is 14.8 Å². The first kappa shape index (κ1) is 29.1. The fraction of sp³-hybridized carbons (Fsp3) is 0.394. The zero-order chi connectivity index (χ0) is 29.6. The number of halogens is 1. The second-order valence-electron chi connectivity index (χ2n) is 12.5. The topological polar surface area (TPSA) is 84.9 Å². The minimum absolute atomic E-state index is 0.172. The van der Waals surface area contributed by atoms with E-state index in [4.69, 9.17) is 9.47 Å². The highest BCUT2D eigenvalue weighted by molar-refractivity contribution is 6.00. The maximum Gasteiger partial charge on any atom is 0.338 e. The average molecular weight is 548 g/mol. The number of fused-ring (bicyclic) bond motifs is 1. The lowest BCUT2D eigenvalue weighted by molar-refractivity contribution is -0.144. The van der Waals surface area contributed by atoms with Gasteiger partial charge in [-0.15, -0.1) is 0 Å². The van der Waals surface area contributed by atoms with Gasteiger partial charge in [-0.2, -0.15) is 0 Å². The molecule has 0 radical (unpaired) electrons. The van der Waals surface area contributed by atoms with Gasteiger partial charge in [0.2, 0.25) is 0 Å². The first-order valence-corrected chi connectivity index (χ1v) is 13.5. The van der Waals surface area contributed by atoms with E-state index in [0.29, 0.717) is 33.6 Å². The van der Waals surface area contributed by atoms with Gasteiger partial charge >= 0.3 is 5.97 Å². The van der Waals surface area contributed by atoms with Crippen molar-refractivity contribution in [3.05, 3.63) is 88.2 Å². The summed E-state index contributed by atoms with van der Waals surface area (Å²) in [6.07, 6.45) is 0.172. The quantitative estimate of drug-likeness (QED) is 0.272. The molecular formula is C33H38FNO5. The number of benzene rings is 3. The van der Waals surface area contributed by atoms with Crippen molar-refractivity contribution < 1.29 is 28.6 Å². The van der Waals surface area contributed by atoms with E-state index >= 15 is 0 Å². The Morgan fingerprint density at radius 1 is 1.00 bits per heavy atom. The summed E-state index contributed by atoms with van der Waals surface area (Å²) in [5.74, 6) is -1.38. The summed E-state index contributed by atoms with van der Waals surface area (Å²) in [6, 6.07) is 14.3. The number of phenols is 1. The summed E-state index contributed by atoms with van der Waals surface area (Å²) in [5.41, 5.74) is 0.398. The minimum Gasteiger partial charge on any atom is -0.507 e. The Kier molecular flexibility index (Phi) is 7.48. The summed E-state index contributed by atoms with van der Waals surface area (Å²) >= 11 is 0. The number of esters is 1. The Balaban J connectivity index is 2.00. The number of hydrogen-bond donors (Lipinski definition) is 2. The van der Waals surface area contributed by atoms with Gasteiger partial charge in [0.05, 0.1) is 7.11 Å². The SMILES string of the molecule is CC[C@]1(NC(=O)c2ccc(OC)cc2)C(=O)Oc2ccc(F)cc2[C@@H]1c1cc(C(C)(C)C)c(O)c(C(C)(C)C)c1.